The van der Waals surface area contributed by atoms with Crippen molar-refractivity contribution in [2.24, 2.45) is 10.9 Å². The van der Waals surface area contributed by atoms with Crippen LogP contribution in [0.5, 0.6) is 0 Å². The second-order valence-electron chi connectivity index (χ2n) is 7.55. The van der Waals surface area contributed by atoms with E-state index in [2.05, 4.69) is 22.5 Å². The van der Waals surface area contributed by atoms with E-state index in [4.69, 9.17) is 0 Å². The Morgan fingerprint density at radius 2 is 1.65 bits per heavy atom. The van der Waals surface area contributed by atoms with Crippen LogP contribution in [0.4, 0.5) is 0 Å². The summed E-state index contributed by atoms with van der Waals surface area (Å²) in [6, 6.07) is 0.994. The Hall–Kier alpha value is -1.26. The van der Waals surface area contributed by atoms with Crippen LogP contribution in [0.15, 0.2) is 4.99 Å². The molecule has 5 heteroatoms. The number of rotatable bonds is 4. The monoisotopic (exact) mass is 322 g/mol. The molecule has 0 aliphatic heterocycles. The van der Waals surface area contributed by atoms with Gasteiger partial charge in [0, 0.05) is 26.2 Å². The standard InChI is InChI=1S/C18H34N4O/c1-14-8-7-11-16(12-14)21-18(19-13-17(23)22(2)3)20-15-9-5-4-6-10-15/h14-16H,4-13H2,1-3H3,(H2,19,20,21). The van der Waals surface area contributed by atoms with Crippen LogP contribution in [0.2, 0.25) is 0 Å². The van der Waals surface area contributed by atoms with Crippen molar-refractivity contribution in [3.05, 3.63) is 0 Å². The van der Waals surface area contributed by atoms with Gasteiger partial charge in [0.05, 0.1) is 0 Å². The van der Waals surface area contributed by atoms with E-state index in [0.717, 1.165) is 11.9 Å². The SMILES string of the molecule is CC1CCCC(NC(=NCC(=O)N(C)C)NC2CCCCC2)C1. The number of carbonyl (C=O) groups excluding carboxylic acids is 1. The topological polar surface area (TPSA) is 56.7 Å². The Morgan fingerprint density at radius 3 is 2.30 bits per heavy atom. The molecule has 0 spiro atoms. The number of hydrogen-bond acceptors (Lipinski definition) is 2. The zero-order valence-corrected chi connectivity index (χ0v) is 15.1. The highest BCUT2D eigenvalue weighted by Crippen LogP contribution is 2.23. The Morgan fingerprint density at radius 1 is 1.00 bits per heavy atom. The zero-order valence-electron chi connectivity index (χ0n) is 15.1. The molecule has 2 rings (SSSR count). The Balaban J connectivity index is 1.94. The van der Waals surface area contributed by atoms with Gasteiger partial charge in [-0.15, -0.1) is 0 Å². The summed E-state index contributed by atoms with van der Waals surface area (Å²) in [6.07, 6.45) is 11.4. The molecular weight excluding hydrogens is 288 g/mol. The third-order valence-corrected chi connectivity index (χ3v) is 5.09. The van der Waals surface area contributed by atoms with E-state index >= 15 is 0 Å². The van der Waals surface area contributed by atoms with Crippen LogP contribution in [0.3, 0.4) is 0 Å². The van der Waals surface area contributed by atoms with Gasteiger partial charge in [-0.25, -0.2) is 4.99 Å². The van der Waals surface area contributed by atoms with E-state index in [1.807, 2.05) is 0 Å². The second-order valence-corrected chi connectivity index (χ2v) is 7.55. The van der Waals surface area contributed by atoms with E-state index in [0.29, 0.717) is 12.1 Å². The second kappa shape index (κ2) is 9.14. The van der Waals surface area contributed by atoms with Crippen LogP contribution in [0.1, 0.15) is 64.7 Å². The molecule has 5 nitrogen and oxygen atoms in total. The first-order valence-corrected chi connectivity index (χ1v) is 9.32. The molecule has 1 amide bonds. The number of nitrogens with one attached hydrogen (secondary N) is 2. The minimum Gasteiger partial charge on any atom is -0.354 e. The molecule has 132 valence electrons. The average molecular weight is 322 g/mol. The largest absolute Gasteiger partial charge is 0.354 e. The summed E-state index contributed by atoms with van der Waals surface area (Å²) >= 11 is 0. The molecule has 2 aliphatic rings. The van der Waals surface area contributed by atoms with Gasteiger partial charge in [0.15, 0.2) is 5.96 Å². The minimum atomic E-state index is 0.0479. The fourth-order valence-electron chi connectivity index (χ4n) is 3.62. The van der Waals surface area contributed by atoms with Crippen LogP contribution >= 0.6 is 0 Å². The lowest BCUT2D eigenvalue weighted by atomic mass is 9.87. The third kappa shape index (κ3) is 6.40. The van der Waals surface area contributed by atoms with Crippen LogP contribution in [-0.4, -0.2) is 49.5 Å². The van der Waals surface area contributed by atoms with Gasteiger partial charge in [-0.05, 0) is 31.6 Å². The van der Waals surface area contributed by atoms with Gasteiger partial charge in [-0.2, -0.15) is 0 Å². The van der Waals surface area contributed by atoms with Crippen molar-refractivity contribution in [3.8, 4) is 0 Å². The molecule has 2 unspecified atom stereocenters. The van der Waals surface area contributed by atoms with Gasteiger partial charge in [-0.3, -0.25) is 4.79 Å². The first-order chi connectivity index (χ1) is 11.0. The summed E-state index contributed by atoms with van der Waals surface area (Å²) in [5.41, 5.74) is 0. The molecule has 0 saturated heterocycles. The van der Waals surface area contributed by atoms with Crippen LogP contribution in [0.25, 0.3) is 0 Å². The molecular formula is C18H34N4O. The lowest BCUT2D eigenvalue weighted by Gasteiger charge is -2.31. The molecule has 0 bridgehead atoms. The summed E-state index contributed by atoms with van der Waals surface area (Å²) < 4.78 is 0. The lowest BCUT2D eigenvalue weighted by Crippen LogP contribution is -2.49. The third-order valence-electron chi connectivity index (χ3n) is 5.09. The molecule has 2 N–H and O–H groups in total. The molecule has 2 aliphatic carbocycles. The van der Waals surface area contributed by atoms with E-state index in [-0.39, 0.29) is 12.5 Å². The van der Waals surface area contributed by atoms with E-state index < -0.39 is 0 Å². The summed E-state index contributed by atoms with van der Waals surface area (Å²) in [5.74, 6) is 1.67. The van der Waals surface area contributed by atoms with Crippen molar-refractivity contribution < 1.29 is 4.79 Å². The van der Waals surface area contributed by atoms with Gasteiger partial charge in [0.1, 0.15) is 6.54 Å². The molecule has 0 aromatic heterocycles. The maximum absolute atomic E-state index is 11.8. The van der Waals surface area contributed by atoms with Gasteiger partial charge in [0.25, 0.3) is 0 Å². The van der Waals surface area contributed by atoms with Crippen molar-refractivity contribution >= 4 is 11.9 Å². The van der Waals surface area contributed by atoms with Crippen molar-refractivity contribution in [3.63, 3.8) is 0 Å². The van der Waals surface area contributed by atoms with E-state index in [9.17, 15) is 4.79 Å². The molecule has 2 saturated carbocycles. The van der Waals surface area contributed by atoms with Gasteiger partial charge in [-0.1, -0.05) is 39.0 Å². The number of amides is 1. The molecule has 23 heavy (non-hydrogen) atoms. The predicted molar refractivity (Wildman–Crippen MR) is 95.6 cm³/mol. The van der Waals surface area contributed by atoms with Crippen molar-refractivity contribution in [2.75, 3.05) is 20.6 Å². The maximum Gasteiger partial charge on any atom is 0.243 e. The van der Waals surface area contributed by atoms with Crippen molar-refractivity contribution in [1.29, 1.82) is 0 Å². The summed E-state index contributed by atoms with van der Waals surface area (Å²) in [6.45, 7) is 2.55. The Bertz CT molecular complexity index is 402. The minimum absolute atomic E-state index is 0.0479. The first kappa shape index (κ1) is 18.1. The summed E-state index contributed by atoms with van der Waals surface area (Å²) in [7, 11) is 3.56. The van der Waals surface area contributed by atoms with Gasteiger partial charge < -0.3 is 15.5 Å². The molecule has 0 aromatic rings. The number of carbonyl (C=O) groups is 1. The number of nitrogens with zero attached hydrogens (tertiary/aromatic N) is 2. The molecule has 0 heterocycles. The normalized spacial score (nSPS) is 26.7. The van der Waals surface area contributed by atoms with Crippen LogP contribution in [0, 0.1) is 5.92 Å². The van der Waals surface area contributed by atoms with E-state index in [1.54, 1.807) is 19.0 Å². The fourth-order valence-corrected chi connectivity index (χ4v) is 3.62. The van der Waals surface area contributed by atoms with Crippen molar-refractivity contribution in [2.45, 2.75) is 76.8 Å². The van der Waals surface area contributed by atoms with Gasteiger partial charge in [0.2, 0.25) is 5.91 Å². The van der Waals surface area contributed by atoms with Crippen molar-refractivity contribution in [1.82, 2.24) is 15.5 Å². The quantitative estimate of drug-likeness (QED) is 0.618. The van der Waals surface area contributed by atoms with E-state index in [1.165, 1.54) is 57.8 Å². The molecule has 0 aromatic carbocycles. The smallest absolute Gasteiger partial charge is 0.243 e. The Kier molecular flexibility index (Phi) is 7.18. The Labute approximate surface area is 141 Å². The summed E-state index contributed by atoms with van der Waals surface area (Å²) in [4.78, 5) is 18.0. The fraction of sp³-hybridized carbons (Fsp3) is 0.889. The predicted octanol–water partition coefficient (Wildman–Crippen LogP) is 2.52. The highest BCUT2D eigenvalue weighted by Gasteiger charge is 2.21. The highest BCUT2D eigenvalue weighted by molar-refractivity contribution is 5.85. The maximum atomic E-state index is 11.8. The molecule has 2 atom stereocenters. The first-order valence-electron chi connectivity index (χ1n) is 9.32. The summed E-state index contributed by atoms with van der Waals surface area (Å²) in [5, 5.41) is 7.18. The number of likely N-dealkylation sites (N-methyl/N-ethyl adjacent to an activating group) is 1. The average Bonchev–Trinajstić information content (AvgIpc) is 2.53. The van der Waals surface area contributed by atoms with Crippen LogP contribution in [-0.2, 0) is 4.79 Å². The highest BCUT2D eigenvalue weighted by atomic mass is 16.2. The van der Waals surface area contributed by atoms with Crippen LogP contribution < -0.4 is 10.6 Å². The number of hydrogen-bond donors (Lipinski definition) is 2. The zero-order chi connectivity index (χ0) is 16.7. The number of aliphatic imine (C=N–C) groups is 1. The lowest BCUT2D eigenvalue weighted by molar-refractivity contribution is -0.127. The molecule has 0 radical (unpaired) electrons. The molecule has 2 fully saturated rings. The van der Waals surface area contributed by atoms with Gasteiger partial charge >= 0.3 is 0 Å². The number of guanidine groups is 1.